The lowest BCUT2D eigenvalue weighted by Gasteiger charge is -2.18. The number of para-hydroxylation sites is 1. The molecule has 1 unspecified atom stereocenters. The van der Waals surface area contributed by atoms with Gasteiger partial charge < -0.3 is 4.74 Å². The van der Waals surface area contributed by atoms with Crippen molar-refractivity contribution in [2.45, 2.75) is 12.5 Å². The summed E-state index contributed by atoms with van der Waals surface area (Å²) < 4.78 is 7.65. The first-order valence-electron chi connectivity index (χ1n) is 7.01. The summed E-state index contributed by atoms with van der Waals surface area (Å²) in [6.45, 7) is 0.735. The highest BCUT2D eigenvalue weighted by Gasteiger charge is 2.24. The molecule has 1 aliphatic heterocycles. The molecule has 0 saturated carbocycles. The number of hydrogen-bond donors (Lipinski definition) is 2. The van der Waals surface area contributed by atoms with Crippen molar-refractivity contribution in [1.82, 2.24) is 15.0 Å². The summed E-state index contributed by atoms with van der Waals surface area (Å²) in [4.78, 5) is 0. The van der Waals surface area contributed by atoms with Gasteiger partial charge in [-0.2, -0.15) is 5.10 Å². The van der Waals surface area contributed by atoms with Crippen molar-refractivity contribution < 1.29 is 4.74 Å². The fourth-order valence-corrected chi connectivity index (χ4v) is 2.99. The Kier molecular flexibility index (Phi) is 2.87. The summed E-state index contributed by atoms with van der Waals surface area (Å²) in [5, 5.41) is 4.39. The average Bonchev–Trinajstić information content (AvgIpc) is 3.15. The van der Waals surface area contributed by atoms with E-state index < -0.39 is 0 Å². The van der Waals surface area contributed by atoms with Gasteiger partial charge >= 0.3 is 0 Å². The minimum absolute atomic E-state index is 0.141. The number of hydrazine groups is 1. The van der Waals surface area contributed by atoms with Crippen LogP contribution in [0.15, 0.2) is 48.8 Å². The van der Waals surface area contributed by atoms with Crippen LogP contribution < -0.4 is 16.0 Å². The van der Waals surface area contributed by atoms with Gasteiger partial charge in [-0.3, -0.25) is 5.84 Å². The third kappa shape index (κ3) is 1.90. The standard InChI is InChI=1S/C16H16N4O/c17-19-15(12-5-3-4-11-7-9-21-16(11)12)13-10-18-20-8-2-1-6-14(13)20/h1-6,8,10,15,19H,7,9,17H2. The Morgan fingerprint density at radius 3 is 3.05 bits per heavy atom. The Morgan fingerprint density at radius 2 is 2.14 bits per heavy atom. The zero-order valence-electron chi connectivity index (χ0n) is 11.5. The number of hydrogen-bond acceptors (Lipinski definition) is 4. The van der Waals surface area contributed by atoms with Crippen molar-refractivity contribution in [3.8, 4) is 5.75 Å². The molecule has 0 fully saturated rings. The first-order chi connectivity index (χ1) is 10.4. The number of benzene rings is 1. The molecule has 3 N–H and O–H groups in total. The van der Waals surface area contributed by atoms with Crippen LogP contribution in [0.4, 0.5) is 0 Å². The number of aromatic nitrogens is 2. The summed E-state index contributed by atoms with van der Waals surface area (Å²) in [6, 6.07) is 12.1. The molecule has 5 heteroatoms. The number of fused-ring (bicyclic) bond motifs is 2. The first kappa shape index (κ1) is 12.4. The van der Waals surface area contributed by atoms with Gasteiger partial charge in [0.05, 0.1) is 24.4 Å². The molecule has 5 nitrogen and oxygen atoms in total. The van der Waals surface area contributed by atoms with Crippen LogP contribution >= 0.6 is 0 Å². The largest absolute Gasteiger partial charge is 0.493 e. The summed E-state index contributed by atoms with van der Waals surface area (Å²) >= 11 is 0. The highest BCUT2D eigenvalue weighted by molar-refractivity contribution is 5.59. The molecule has 0 radical (unpaired) electrons. The first-order valence-corrected chi connectivity index (χ1v) is 7.01. The second-order valence-corrected chi connectivity index (χ2v) is 5.16. The van der Waals surface area contributed by atoms with Crippen molar-refractivity contribution in [2.75, 3.05) is 6.61 Å². The maximum absolute atomic E-state index is 5.84. The molecule has 3 heterocycles. The average molecular weight is 280 g/mol. The molecule has 0 amide bonds. The van der Waals surface area contributed by atoms with Gasteiger partial charge in [0, 0.05) is 23.7 Å². The quantitative estimate of drug-likeness (QED) is 0.567. The highest BCUT2D eigenvalue weighted by Crippen LogP contribution is 2.36. The van der Waals surface area contributed by atoms with E-state index in [9.17, 15) is 0 Å². The summed E-state index contributed by atoms with van der Waals surface area (Å²) in [5.41, 5.74) is 7.29. The Morgan fingerprint density at radius 1 is 1.19 bits per heavy atom. The Labute approximate surface area is 122 Å². The predicted molar refractivity (Wildman–Crippen MR) is 80.0 cm³/mol. The summed E-state index contributed by atoms with van der Waals surface area (Å²) in [6.07, 6.45) is 4.74. The molecule has 0 saturated heterocycles. The Hall–Kier alpha value is -2.37. The summed E-state index contributed by atoms with van der Waals surface area (Å²) in [7, 11) is 0. The maximum atomic E-state index is 5.84. The molecule has 3 aromatic rings. The van der Waals surface area contributed by atoms with E-state index in [0.29, 0.717) is 0 Å². The lowest BCUT2D eigenvalue weighted by molar-refractivity contribution is 0.350. The normalized spacial score (nSPS) is 14.9. The lowest BCUT2D eigenvalue weighted by Crippen LogP contribution is -2.29. The van der Waals surface area contributed by atoms with Gasteiger partial charge in [0.25, 0.3) is 0 Å². The third-order valence-corrected chi connectivity index (χ3v) is 3.99. The number of nitrogens with two attached hydrogens (primary N) is 1. The molecule has 21 heavy (non-hydrogen) atoms. The maximum Gasteiger partial charge on any atom is 0.127 e. The van der Waals surface area contributed by atoms with Crippen LogP contribution in [0.1, 0.15) is 22.7 Å². The van der Waals surface area contributed by atoms with E-state index >= 15 is 0 Å². The molecule has 0 bridgehead atoms. The SMILES string of the molecule is NNC(c1cccc2c1OCC2)c1cnn2ccccc12. The van der Waals surface area contributed by atoms with Crippen LogP contribution in [0.5, 0.6) is 5.75 Å². The summed E-state index contributed by atoms with van der Waals surface area (Å²) in [5.74, 6) is 6.79. The number of ether oxygens (including phenoxy) is 1. The van der Waals surface area contributed by atoms with Crippen LogP contribution in [0, 0.1) is 0 Å². The van der Waals surface area contributed by atoms with Crippen LogP contribution in [-0.4, -0.2) is 16.2 Å². The third-order valence-electron chi connectivity index (χ3n) is 3.99. The van der Waals surface area contributed by atoms with Crippen molar-refractivity contribution in [3.05, 3.63) is 65.5 Å². The second-order valence-electron chi connectivity index (χ2n) is 5.16. The molecule has 0 aliphatic carbocycles. The molecular formula is C16H16N4O. The minimum atomic E-state index is -0.141. The molecule has 1 aliphatic rings. The van der Waals surface area contributed by atoms with Crippen LogP contribution in [0.3, 0.4) is 0 Å². The van der Waals surface area contributed by atoms with Gasteiger partial charge in [0.1, 0.15) is 5.75 Å². The minimum Gasteiger partial charge on any atom is -0.493 e. The smallest absolute Gasteiger partial charge is 0.127 e. The van der Waals surface area contributed by atoms with Crippen LogP contribution in [0.2, 0.25) is 0 Å². The zero-order chi connectivity index (χ0) is 14.2. The molecule has 1 aromatic carbocycles. The number of nitrogens with zero attached hydrogens (tertiary/aromatic N) is 2. The van der Waals surface area contributed by atoms with Gasteiger partial charge in [0.15, 0.2) is 0 Å². The van der Waals surface area contributed by atoms with Gasteiger partial charge in [-0.05, 0) is 17.7 Å². The van der Waals surface area contributed by atoms with E-state index in [0.717, 1.165) is 35.4 Å². The Bertz CT molecular complexity index is 796. The number of pyridine rings is 1. The monoisotopic (exact) mass is 280 g/mol. The van der Waals surface area contributed by atoms with Crippen LogP contribution in [-0.2, 0) is 6.42 Å². The van der Waals surface area contributed by atoms with Crippen molar-refractivity contribution in [1.29, 1.82) is 0 Å². The highest BCUT2D eigenvalue weighted by atomic mass is 16.5. The Balaban J connectivity index is 1.88. The van der Waals surface area contributed by atoms with Crippen molar-refractivity contribution in [2.24, 2.45) is 5.84 Å². The fourth-order valence-electron chi connectivity index (χ4n) is 2.99. The molecule has 4 rings (SSSR count). The van der Waals surface area contributed by atoms with Crippen molar-refractivity contribution >= 4 is 5.52 Å². The molecule has 2 aromatic heterocycles. The predicted octanol–water partition coefficient (Wildman–Crippen LogP) is 1.82. The number of nitrogens with one attached hydrogen (secondary N) is 1. The number of rotatable bonds is 3. The molecule has 1 atom stereocenters. The van der Waals surface area contributed by atoms with Gasteiger partial charge in [-0.25, -0.2) is 9.94 Å². The molecule has 0 spiro atoms. The van der Waals surface area contributed by atoms with E-state index in [1.165, 1.54) is 5.56 Å². The topological polar surface area (TPSA) is 64.6 Å². The van der Waals surface area contributed by atoms with E-state index in [4.69, 9.17) is 10.6 Å². The molecule has 106 valence electrons. The second kappa shape index (κ2) is 4.87. The van der Waals surface area contributed by atoms with Gasteiger partial charge in [-0.1, -0.05) is 24.3 Å². The van der Waals surface area contributed by atoms with E-state index in [1.54, 1.807) is 0 Å². The van der Waals surface area contributed by atoms with E-state index in [1.807, 2.05) is 35.1 Å². The molecular weight excluding hydrogens is 264 g/mol. The lowest BCUT2D eigenvalue weighted by atomic mass is 9.97. The van der Waals surface area contributed by atoms with Crippen molar-refractivity contribution in [3.63, 3.8) is 0 Å². The van der Waals surface area contributed by atoms with E-state index in [-0.39, 0.29) is 6.04 Å². The van der Waals surface area contributed by atoms with Gasteiger partial charge in [-0.15, -0.1) is 0 Å². The van der Waals surface area contributed by atoms with Gasteiger partial charge in [0.2, 0.25) is 0 Å². The van der Waals surface area contributed by atoms with E-state index in [2.05, 4.69) is 28.7 Å². The fraction of sp³-hybridized carbons (Fsp3) is 0.188. The van der Waals surface area contributed by atoms with Crippen LogP contribution in [0.25, 0.3) is 5.52 Å². The zero-order valence-corrected chi connectivity index (χ0v) is 11.5.